The van der Waals surface area contributed by atoms with Crippen molar-refractivity contribution in [3.63, 3.8) is 0 Å². The van der Waals surface area contributed by atoms with Gasteiger partial charge in [0.05, 0.1) is 17.6 Å². The van der Waals surface area contributed by atoms with Crippen molar-refractivity contribution in [1.29, 1.82) is 0 Å². The van der Waals surface area contributed by atoms with Crippen LogP contribution in [-0.2, 0) is 19.1 Å². The van der Waals surface area contributed by atoms with Crippen LogP contribution in [-0.4, -0.2) is 53.8 Å². The van der Waals surface area contributed by atoms with Crippen molar-refractivity contribution in [2.45, 2.75) is 40.7 Å². The number of aryl methyl sites for hydroxylation is 2. The van der Waals surface area contributed by atoms with Crippen LogP contribution in [0.25, 0.3) is 6.08 Å². The molecule has 3 rings (SSSR count). The Bertz CT molecular complexity index is 1240. The summed E-state index contributed by atoms with van der Waals surface area (Å²) in [6, 6.07) is 10.8. The lowest BCUT2D eigenvalue weighted by molar-refractivity contribution is -0.149. The number of ether oxygens (including phenoxy) is 3. The third kappa shape index (κ3) is 7.60. The molecule has 0 spiro atoms. The van der Waals surface area contributed by atoms with Gasteiger partial charge in [-0.25, -0.2) is 0 Å². The average molecular weight is 527 g/mol. The lowest BCUT2D eigenvalue weighted by Crippen LogP contribution is -2.35. The highest BCUT2D eigenvalue weighted by Gasteiger charge is 2.36. The number of carbonyl (C=O) groups is 4. The number of thioether (sulfide) groups is 1. The summed E-state index contributed by atoms with van der Waals surface area (Å²) in [5, 5.41) is 2.30. The van der Waals surface area contributed by atoms with E-state index in [1.807, 2.05) is 39.0 Å². The van der Waals surface area contributed by atoms with Gasteiger partial charge in [-0.05, 0) is 87.3 Å². The van der Waals surface area contributed by atoms with Crippen LogP contribution >= 0.6 is 11.8 Å². The van der Waals surface area contributed by atoms with Crippen molar-refractivity contribution in [3.8, 4) is 11.5 Å². The highest BCUT2D eigenvalue weighted by atomic mass is 32.2. The molecule has 1 aliphatic rings. The van der Waals surface area contributed by atoms with Gasteiger partial charge in [0.1, 0.15) is 6.54 Å². The minimum absolute atomic E-state index is 0.173. The fourth-order valence-electron chi connectivity index (χ4n) is 3.42. The van der Waals surface area contributed by atoms with Gasteiger partial charge in [0.15, 0.2) is 18.1 Å². The van der Waals surface area contributed by atoms with E-state index in [0.29, 0.717) is 23.7 Å². The molecular formula is C27H30N2O7S. The van der Waals surface area contributed by atoms with E-state index >= 15 is 0 Å². The number of anilines is 1. The van der Waals surface area contributed by atoms with Crippen molar-refractivity contribution >= 4 is 46.5 Å². The zero-order valence-corrected chi connectivity index (χ0v) is 22.3. The molecule has 196 valence electrons. The molecule has 37 heavy (non-hydrogen) atoms. The molecule has 2 aromatic rings. The number of amides is 3. The molecule has 2 aromatic carbocycles. The largest absolute Gasteiger partial charge is 0.490 e. The molecule has 0 saturated carbocycles. The van der Waals surface area contributed by atoms with Gasteiger partial charge in [-0.3, -0.25) is 24.1 Å². The Hall–Kier alpha value is -3.79. The van der Waals surface area contributed by atoms with Gasteiger partial charge in [-0.2, -0.15) is 0 Å². The molecule has 10 heteroatoms. The lowest BCUT2D eigenvalue weighted by atomic mass is 10.1. The van der Waals surface area contributed by atoms with E-state index in [-0.39, 0.29) is 23.5 Å². The first kappa shape index (κ1) is 27.8. The summed E-state index contributed by atoms with van der Waals surface area (Å²) in [5.41, 5.74) is 3.29. The molecular weight excluding hydrogens is 496 g/mol. The normalized spacial score (nSPS) is 14.3. The van der Waals surface area contributed by atoms with Crippen LogP contribution in [0.5, 0.6) is 11.5 Å². The number of rotatable bonds is 10. The predicted molar refractivity (Wildman–Crippen MR) is 142 cm³/mol. The van der Waals surface area contributed by atoms with E-state index < -0.39 is 23.7 Å². The Morgan fingerprint density at radius 2 is 1.81 bits per heavy atom. The average Bonchev–Trinajstić information content (AvgIpc) is 3.08. The van der Waals surface area contributed by atoms with Gasteiger partial charge in [-0.15, -0.1) is 0 Å². The highest BCUT2D eigenvalue weighted by Crippen LogP contribution is 2.34. The highest BCUT2D eigenvalue weighted by molar-refractivity contribution is 8.18. The Morgan fingerprint density at radius 1 is 1.05 bits per heavy atom. The summed E-state index contributed by atoms with van der Waals surface area (Å²) < 4.78 is 16.4. The van der Waals surface area contributed by atoms with Crippen LogP contribution < -0.4 is 14.8 Å². The summed E-state index contributed by atoms with van der Waals surface area (Å²) >= 11 is 0.744. The zero-order chi connectivity index (χ0) is 27.1. The second kappa shape index (κ2) is 12.4. The first-order valence-electron chi connectivity index (χ1n) is 11.8. The number of hydrogen-bond donors (Lipinski definition) is 1. The first-order valence-corrected chi connectivity index (χ1v) is 12.6. The predicted octanol–water partition coefficient (Wildman–Crippen LogP) is 4.71. The molecule has 1 aliphatic heterocycles. The van der Waals surface area contributed by atoms with Crippen LogP contribution in [0.4, 0.5) is 10.5 Å². The van der Waals surface area contributed by atoms with Gasteiger partial charge >= 0.3 is 5.97 Å². The number of benzene rings is 2. The molecule has 3 amide bonds. The number of nitrogens with one attached hydrogen (secondary N) is 1. The van der Waals surface area contributed by atoms with Gasteiger partial charge in [0.25, 0.3) is 17.1 Å². The Labute approximate surface area is 220 Å². The summed E-state index contributed by atoms with van der Waals surface area (Å²) in [7, 11) is 0. The van der Waals surface area contributed by atoms with E-state index in [2.05, 4.69) is 5.32 Å². The van der Waals surface area contributed by atoms with Crippen molar-refractivity contribution in [2.24, 2.45) is 0 Å². The standard InChI is InChI=1S/C27H30N2O7S/c1-6-34-22-12-19(13-23-26(32)29(27(33)37-23)14-25(31)36-16(2)3)9-10-21(22)35-15-24(30)28-20-11-17(4)7-8-18(20)5/h7-13,16H,6,14-15H2,1-5H3,(H,28,30)/b23-13-. The summed E-state index contributed by atoms with van der Waals surface area (Å²) in [5.74, 6) is -0.794. The first-order chi connectivity index (χ1) is 17.6. The van der Waals surface area contributed by atoms with E-state index in [4.69, 9.17) is 14.2 Å². The second-order valence-electron chi connectivity index (χ2n) is 8.60. The number of carbonyl (C=O) groups excluding carboxylic acids is 4. The van der Waals surface area contributed by atoms with Crippen LogP contribution in [0.15, 0.2) is 41.3 Å². The number of imide groups is 1. The van der Waals surface area contributed by atoms with Crippen LogP contribution in [0.3, 0.4) is 0 Å². The van der Waals surface area contributed by atoms with Crippen molar-refractivity contribution in [2.75, 3.05) is 25.1 Å². The summed E-state index contributed by atoms with van der Waals surface area (Å²) in [6.07, 6.45) is 1.19. The maximum absolute atomic E-state index is 12.7. The quantitative estimate of drug-likeness (QED) is 0.350. The Balaban J connectivity index is 1.69. The third-order valence-electron chi connectivity index (χ3n) is 5.12. The van der Waals surface area contributed by atoms with Gasteiger partial charge in [-0.1, -0.05) is 18.2 Å². The molecule has 1 heterocycles. The molecule has 0 unspecified atom stereocenters. The molecule has 0 aromatic heterocycles. The molecule has 9 nitrogen and oxygen atoms in total. The van der Waals surface area contributed by atoms with Crippen LogP contribution in [0.1, 0.15) is 37.5 Å². The minimum Gasteiger partial charge on any atom is -0.490 e. The van der Waals surface area contributed by atoms with Crippen molar-refractivity contribution < 1.29 is 33.4 Å². The van der Waals surface area contributed by atoms with Gasteiger partial charge < -0.3 is 19.5 Å². The van der Waals surface area contributed by atoms with E-state index in [9.17, 15) is 19.2 Å². The smallest absolute Gasteiger partial charge is 0.326 e. The fourth-order valence-corrected chi connectivity index (χ4v) is 4.26. The molecule has 0 radical (unpaired) electrons. The van der Waals surface area contributed by atoms with Crippen molar-refractivity contribution in [3.05, 3.63) is 58.0 Å². The maximum Gasteiger partial charge on any atom is 0.326 e. The Morgan fingerprint density at radius 3 is 2.51 bits per heavy atom. The van der Waals surface area contributed by atoms with Gasteiger partial charge in [0.2, 0.25) is 0 Å². The number of hydrogen-bond acceptors (Lipinski definition) is 8. The van der Waals surface area contributed by atoms with E-state index in [0.717, 1.165) is 33.5 Å². The molecule has 0 aliphatic carbocycles. The minimum atomic E-state index is -0.653. The maximum atomic E-state index is 12.7. The number of nitrogens with zero attached hydrogens (tertiary/aromatic N) is 1. The third-order valence-corrected chi connectivity index (χ3v) is 6.03. The zero-order valence-electron chi connectivity index (χ0n) is 21.5. The summed E-state index contributed by atoms with van der Waals surface area (Å²) in [6.45, 7) is 8.73. The van der Waals surface area contributed by atoms with E-state index in [1.165, 1.54) is 6.08 Å². The fraction of sp³-hybridized carbons (Fsp3) is 0.333. The second-order valence-corrected chi connectivity index (χ2v) is 9.59. The number of esters is 1. The van der Waals surface area contributed by atoms with Crippen molar-refractivity contribution in [1.82, 2.24) is 4.90 Å². The van der Waals surface area contributed by atoms with Crippen LogP contribution in [0, 0.1) is 13.8 Å². The molecule has 0 bridgehead atoms. The van der Waals surface area contributed by atoms with Crippen LogP contribution in [0.2, 0.25) is 0 Å². The monoisotopic (exact) mass is 526 g/mol. The summed E-state index contributed by atoms with van der Waals surface area (Å²) in [4.78, 5) is 50.4. The Kier molecular flexibility index (Phi) is 9.35. The molecule has 1 N–H and O–H groups in total. The molecule has 1 saturated heterocycles. The van der Waals surface area contributed by atoms with Gasteiger partial charge in [0, 0.05) is 5.69 Å². The molecule has 0 atom stereocenters. The SMILES string of the molecule is CCOc1cc(/C=C2\SC(=O)N(CC(=O)OC(C)C)C2=O)ccc1OCC(=O)Nc1cc(C)ccc1C. The molecule has 1 fully saturated rings. The lowest BCUT2D eigenvalue weighted by Gasteiger charge is -2.14. The topological polar surface area (TPSA) is 111 Å². The van der Waals surface area contributed by atoms with E-state index in [1.54, 1.807) is 32.0 Å².